The van der Waals surface area contributed by atoms with E-state index in [1.54, 1.807) is 0 Å². The zero-order chi connectivity index (χ0) is 13.1. The molecule has 1 heterocycles. The Balaban J connectivity index is 2.06. The van der Waals surface area contributed by atoms with E-state index in [1.807, 2.05) is 17.1 Å². The number of hydrogen-bond acceptors (Lipinski definition) is 2. The maximum atomic E-state index is 4.33. The number of nitrogens with zero attached hydrogens (tertiary/aromatic N) is 2. The molecule has 0 radical (unpaired) electrons. The molecule has 0 saturated heterocycles. The number of aromatic nitrogens is 2. The predicted molar refractivity (Wildman–Crippen MR) is 83.8 cm³/mol. The third kappa shape index (κ3) is 3.25. The quantitative estimate of drug-likeness (QED) is 0.832. The third-order valence-corrected chi connectivity index (χ3v) is 3.60. The van der Waals surface area contributed by atoms with Crippen LogP contribution in [0.3, 0.4) is 0 Å². The highest BCUT2D eigenvalue weighted by molar-refractivity contribution is 14.1. The van der Waals surface area contributed by atoms with E-state index in [-0.39, 0.29) is 6.04 Å². The number of hydrogen-bond donors (Lipinski definition) is 1. The highest BCUT2D eigenvalue weighted by Gasteiger charge is 2.07. The van der Waals surface area contributed by atoms with Crippen LogP contribution < -0.4 is 5.32 Å². The summed E-state index contributed by atoms with van der Waals surface area (Å²) in [5.74, 6) is 0. The second-order valence-corrected chi connectivity index (χ2v) is 5.97. The predicted octanol–water partition coefficient (Wildman–Crippen LogP) is 4.24. The Morgan fingerprint density at radius 2 is 1.83 bits per heavy atom. The van der Waals surface area contributed by atoms with Gasteiger partial charge in [0, 0.05) is 21.9 Å². The second-order valence-electron chi connectivity index (χ2n) is 4.72. The lowest BCUT2D eigenvalue weighted by Gasteiger charge is -2.14. The van der Waals surface area contributed by atoms with Crippen LogP contribution in [0.25, 0.3) is 0 Å². The largest absolute Gasteiger partial charge is 0.376 e. The summed E-state index contributed by atoms with van der Waals surface area (Å²) < 4.78 is 3.22. The van der Waals surface area contributed by atoms with Crippen LogP contribution in [0.15, 0.2) is 36.7 Å². The van der Waals surface area contributed by atoms with Crippen LogP contribution in [-0.4, -0.2) is 9.78 Å². The molecule has 3 nitrogen and oxygen atoms in total. The molecule has 0 bridgehead atoms. The van der Waals surface area contributed by atoms with Crippen LogP contribution in [0.2, 0.25) is 0 Å². The lowest BCUT2D eigenvalue weighted by molar-refractivity contribution is 0.532. The summed E-state index contributed by atoms with van der Waals surface area (Å²) in [4.78, 5) is 0. The number of nitrogens with one attached hydrogen (secondary N) is 1. The molecule has 0 aliphatic heterocycles. The number of benzene rings is 1. The Labute approximate surface area is 122 Å². The normalized spacial score (nSPS) is 12.7. The van der Waals surface area contributed by atoms with Gasteiger partial charge in [-0.1, -0.05) is 12.1 Å². The third-order valence-electron chi connectivity index (χ3n) is 2.88. The highest BCUT2D eigenvalue weighted by atomic mass is 127. The van der Waals surface area contributed by atoms with Crippen molar-refractivity contribution in [2.75, 3.05) is 5.32 Å². The Hall–Kier alpha value is -1.04. The van der Waals surface area contributed by atoms with Crippen LogP contribution in [-0.2, 0) is 0 Å². The fraction of sp³-hybridized carbons (Fsp3) is 0.357. The molecule has 18 heavy (non-hydrogen) atoms. The Kier molecular flexibility index (Phi) is 4.27. The smallest absolute Gasteiger partial charge is 0.0731 e. The lowest BCUT2D eigenvalue weighted by Crippen LogP contribution is -2.06. The first-order valence-corrected chi connectivity index (χ1v) is 7.20. The van der Waals surface area contributed by atoms with Crippen LogP contribution in [0, 0.1) is 3.57 Å². The van der Waals surface area contributed by atoms with E-state index in [1.165, 1.54) is 9.13 Å². The van der Waals surface area contributed by atoms with Gasteiger partial charge in [-0.05, 0) is 61.1 Å². The van der Waals surface area contributed by atoms with Crippen molar-refractivity contribution in [3.8, 4) is 0 Å². The van der Waals surface area contributed by atoms with Gasteiger partial charge in [0.05, 0.1) is 11.9 Å². The average molecular weight is 355 g/mol. The lowest BCUT2D eigenvalue weighted by atomic mass is 10.1. The van der Waals surface area contributed by atoms with Gasteiger partial charge in [-0.25, -0.2) is 0 Å². The molecular weight excluding hydrogens is 337 g/mol. The van der Waals surface area contributed by atoms with E-state index in [0.717, 1.165) is 5.69 Å². The van der Waals surface area contributed by atoms with E-state index < -0.39 is 0 Å². The van der Waals surface area contributed by atoms with Crippen molar-refractivity contribution in [1.82, 2.24) is 9.78 Å². The number of halogens is 1. The van der Waals surface area contributed by atoms with Crippen molar-refractivity contribution < 1.29 is 0 Å². The minimum atomic E-state index is 0.284. The Morgan fingerprint density at radius 1 is 1.17 bits per heavy atom. The molecule has 1 atom stereocenters. The van der Waals surface area contributed by atoms with Crippen molar-refractivity contribution in [1.29, 1.82) is 0 Å². The summed E-state index contributed by atoms with van der Waals surface area (Å²) in [6.45, 7) is 6.41. The molecule has 0 amide bonds. The first-order valence-electron chi connectivity index (χ1n) is 6.12. The van der Waals surface area contributed by atoms with Gasteiger partial charge in [-0.2, -0.15) is 5.10 Å². The molecular formula is C14H18IN3. The summed E-state index contributed by atoms with van der Waals surface area (Å²) in [6.07, 6.45) is 3.93. The van der Waals surface area contributed by atoms with Gasteiger partial charge >= 0.3 is 0 Å². The maximum absolute atomic E-state index is 4.33. The van der Waals surface area contributed by atoms with Crippen molar-refractivity contribution in [2.45, 2.75) is 32.9 Å². The van der Waals surface area contributed by atoms with Crippen molar-refractivity contribution in [3.63, 3.8) is 0 Å². The molecule has 0 aliphatic rings. The van der Waals surface area contributed by atoms with Gasteiger partial charge in [-0.3, -0.25) is 4.68 Å². The first-order chi connectivity index (χ1) is 8.56. The van der Waals surface area contributed by atoms with Crippen LogP contribution in [0.4, 0.5) is 5.69 Å². The zero-order valence-corrected chi connectivity index (χ0v) is 13.0. The van der Waals surface area contributed by atoms with Gasteiger partial charge in [0.2, 0.25) is 0 Å². The fourth-order valence-corrected chi connectivity index (χ4v) is 2.14. The molecule has 1 aromatic carbocycles. The van der Waals surface area contributed by atoms with Crippen LogP contribution in [0.1, 0.15) is 38.4 Å². The number of rotatable bonds is 4. The van der Waals surface area contributed by atoms with Gasteiger partial charge in [0.15, 0.2) is 0 Å². The molecule has 2 aromatic rings. The Morgan fingerprint density at radius 3 is 2.39 bits per heavy atom. The summed E-state index contributed by atoms with van der Waals surface area (Å²) in [6, 6.07) is 9.26. The summed E-state index contributed by atoms with van der Waals surface area (Å²) in [5, 5.41) is 7.80. The molecule has 4 heteroatoms. The zero-order valence-electron chi connectivity index (χ0n) is 10.9. The van der Waals surface area contributed by atoms with Crippen molar-refractivity contribution in [2.24, 2.45) is 0 Å². The van der Waals surface area contributed by atoms with E-state index in [0.29, 0.717) is 6.04 Å². The fourth-order valence-electron chi connectivity index (χ4n) is 1.78. The molecule has 0 spiro atoms. The first kappa shape index (κ1) is 13.4. The molecule has 0 saturated carbocycles. The van der Waals surface area contributed by atoms with Gasteiger partial charge < -0.3 is 5.32 Å². The molecule has 1 N–H and O–H groups in total. The summed E-state index contributed by atoms with van der Waals surface area (Å²) in [7, 11) is 0. The second kappa shape index (κ2) is 5.73. The topological polar surface area (TPSA) is 29.9 Å². The molecule has 0 aliphatic carbocycles. The molecule has 96 valence electrons. The standard InChI is InChI=1S/C14H18IN3/c1-10(2)18-9-14(8-16-18)17-11(3)12-4-6-13(15)7-5-12/h4-11,17H,1-3H3. The SMILES string of the molecule is CC(Nc1cnn(C(C)C)c1)c1ccc(I)cc1. The van der Waals surface area contributed by atoms with E-state index >= 15 is 0 Å². The summed E-state index contributed by atoms with van der Waals surface area (Å²) in [5.41, 5.74) is 2.35. The van der Waals surface area contributed by atoms with E-state index in [4.69, 9.17) is 0 Å². The highest BCUT2D eigenvalue weighted by Crippen LogP contribution is 2.20. The minimum absolute atomic E-state index is 0.284. The van der Waals surface area contributed by atoms with Gasteiger partial charge in [0.1, 0.15) is 0 Å². The van der Waals surface area contributed by atoms with Gasteiger partial charge in [-0.15, -0.1) is 0 Å². The van der Waals surface area contributed by atoms with Crippen molar-refractivity contribution >= 4 is 28.3 Å². The Bertz CT molecular complexity index is 502. The van der Waals surface area contributed by atoms with E-state index in [2.05, 4.69) is 78.0 Å². The van der Waals surface area contributed by atoms with Gasteiger partial charge in [0.25, 0.3) is 0 Å². The minimum Gasteiger partial charge on any atom is -0.376 e. The molecule has 2 rings (SSSR count). The molecule has 1 aromatic heterocycles. The van der Waals surface area contributed by atoms with Crippen LogP contribution in [0.5, 0.6) is 0 Å². The molecule has 0 fully saturated rings. The maximum Gasteiger partial charge on any atom is 0.0731 e. The molecule has 1 unspecified atom stereocenters. The van der Waals surface area contributed by atoms with Crippen LogP contribution >= 0.6 is 22.6 Å². The summed E-state index contributed by atoms with van der Waals surface area (Å²) >= 11 is 2.32. The van der Waals surface area contributed by atoms with Crippen molar-refractivity contribution in [3.05, 3.63) is 45.8 Å². The average Bonchev–Trinajstić information content (AvgIpc) is 2.78. The monoisotopic (exact) mass is 355 g/mol. The number of anilines is 1. The van der Waals surface area contributed by atoms with E-state index in [9.17, 15) is 0 Å².